The maximum Gasteiger partial charge on any atom is 0.410 e. The first-order chi connectivity index (χ1) is 14.7. The van der Waals surface area contributed by atoms with E-state index in [0.717, 1.165) is 18.2 Å². The van der Waals surface area contributed by atoms with Crippen LogP contribution in [-0.4, -0.2) is 56.4 Å². The summed E-state index contributed by atoms with van der Waals surface area (Å²) < 4.78 is 39.7. The fourth-order valence-electron chi connectivity index (χ4n) is 3.54. The van der Waals surface area contributed by atoms with Crippen molar-refractivity contribution in [2.75, 3.05) is 19.3 Å². The zero-order chi connectivity index (χ0) is 22.9. The van der Waals surface area contributed by atoms with Gasteiger partial charge in [0.2, 0.25) is 0 Å². The van der Waals surface area contributed by atoms with E-state index in [-0.39, 0.29) is 19.4 Å². The highest BCUT2D eigenvalue weighted by atomic mass is 32.2. The highest BCUT2D eigenvalue weighted by Crippen LogP contribution is 2.29. The summed E-state index contributed by atoms with van der Waals surface area (Å²) in [5, 5.41) is 0. The number of ether oxygens (including phenoxy) is 2. The minimum Gasteiger partial charge on any atom is -0.460 e. The van der Waals surface area contributed by atoms with Gasteiger partial charge in [-0.25, -0.2) is 9.59 Å². The lowest BCUT2D eigenvalue weighted by Crippen LogP contribution is -2.47. The van der Waals surface area contributed by atoms with Gasteiger partial charge in [-0.1, -0.05) is 57.0 Å². The normalized spacial score (nSPS) is 17.1. The van der Waals surface area contributed by atoms with Gasteiger partial charge in [0, 0.05) is 25.9 Å². The van der Waals surface area contributed by atoms with Crippen molar-refractivity contribution in [1.82, 2.24) is 4.90 Å². The van der Waals surface area contributed by atoms with E-state index in [4.69, 9.17) is 13.7 Å². The van der Waals surface area contributed by atoms with Crippen LogP contribution in [0.25, 0.3) is 0 Å². The molecule has 8 nitrogen and oxygen atoms in total. The van der Waals surface area contributed by atoms with Crippen LogP contribution in [0, 0.1) is 0 Å². The van der Waals surface area contributed by atoms with Gasteiger partial charge < -0.3 is 14.4 Å². The number of esters is 1. The Balaban J connectivity index is 1.89. The first-order valence-electron chi connectivity index (χ1n) is 10.8. The molecule has 1 aromatic rings. The van der Waals surface area contributed by atoms with Crippen LogP contribution in [0.4, 0.5) is 4.79 Å². The number of unbranched alkanes of at least 4 members (excludes halogenated alkanes) is 1. The fraction of sp³-hybridized carbons (Fsp3) is 0.636. The van der Waals surface area contributed by atoms with Crippen molar-refractivity contribution in [2.45, 2.75) is 70.7 Å². The van der Waals surface area contributed by atoms with Crippen molar-refractivity contribution in [3.05, 3.63) is 35.9 Å². The van der Waals surface area contributed by atoms with Crippen LogP contribution in [0.15, 0.2) is 30.3 Å². The van der Waals surface area contributed by atoms with Gasteiger partial charge in [-0.3, -0.25) is 4.18 Å². The first-order valence-corrected chi connectivity index (χ1v) is 12.6. The SMILES string of the molecule is CCCC[C@@](CC)(OS(C)(=O)=O)C(=O)OC1CCN(C(=O)OCc2ccccc2)CC1. The zero-order valence-electron chi connectivity index (χ0n) is 18.5. The maximum atomic E-state index is 12.9. The number of benzene rings is 1. The van der Waals surface area contributed by atoms with Crippen molar-refractivity contribution in [3.63, 3.8) is 0 Å². The van der Waals surface area contributed by atoms with Crippen molar-refractivity contribution in [3.8, 4) is 0 Å². The Morgan fingerprint density at radius 1 is 1.13 bits per heavy atom. The van der Waals surface area contributed by atoms with Crippen molar-refractivity contribution >= 4 is 22.2 Å². The lowest BCUT2D eigenvalue weighted by Gasteiger charge is -2.34. The molecule has 0 aromatic heterocycles. The molecular formula is C22H33NO7S. The highest BCUT2D eigenvalue weighted by molar-refractivity contribution is 7.86. The minimum atomic E-state index is -3.83. The average molecular weight is 456 g/mol. The van der Waals surface area contributed by atoms with Gasteiger partial charge in [-0.15, -0.1) is 0 Å². The van der Waals surface area contributed by atoms with Gasteiger partial charge in [-0.2, -0.15) is 8.42 Å². The summed E-state index contributed by atoms with van der Waals surface area (Å²) in [6.45, 7) is 4.67. The second kappa shape index (κ2) is 11.5. The lowest BCUT2D eigenvalue weighted by molar-refractivity contribution is -0.170. The van der Waals surface area contributed by atoms with Crippen LogP contribution in [0.5, 0.6) is 0 Å². The number of nitrogens with zero attached hydrogens (tertiary/aromatic N) is 1. The van der Waals surface area contributed by atoms with Crippen LogP contribution in [0.3, 0.4) is 0 Å². The fourth-order valence-corrected chi connectivity index (χ4v) is 4.38. The summed E-state index contributed by atoms with van der Waals surface area (Å²) in [6.07, 6.45) is 2.96. The summed E-state index contributed by atoms with van der Waals surface area (Å²) in [5.74, 6) is -0.654. The van der Waals surface area contributed by atoms with E-state index in [1.165, 1.54) is 0 Å². The summed E-state index contributed by atoms with van der Waals surface area (Å²) in [7, 11) is -3.83. The van der Waals surface area contributed by atoms with E-state index in [2.05, 4.69) is 0 Å². The molecule has 1 aliphatic rings. The lowest BCUT2D eigenvalue weighted by atomic mass is 9.94. The van der Waals surface area contributed by atoms with Crippen molar-refractivity contribution < 1.29 is 31.7 Å². The molecule has 0 aliphatic carbocycles. The number of carbonyl (C=O) groups is 2. The highest BCUT2D eigenvalue weighted by Gasteiger charge is 2.43. The van der Waals surface area contributed by atoms with Gasteiger partial charge in [0.15, 0.2) is 5.60 Å². The van der Waals surface area contributed by atoms with Crippen LogP contribution in [0.2, 0.25) is 0 Å². The second-order valence-corrected chi connectivity index (χ2v) is 9.45. The van der Waals surface area contributed by atoms with E-state index in [9.17, 15) is 18.0 Å². The summed E-state index contributed by atoms with van der Waals surface area (Å²) in [6, 6.07) is 9.43. The molecule has 1 saturated heterocycles. The largest absolute Gasteiger partial charge is 0.460 e. The third kappa shape index (κ3) is 7.81. The summed E-state index contributed by atoms with van der Waals surface area (Å²) in [5.41, 5.74) is -0.594. The molecule has 0 spiro atoms. The van der Waals surface area contributed by atoms with E-state index >= 15 is 0 Å². The van der Waals surface area contributed by atoms with Gasteiger partial charge in [0.05, 0.1) is 6.26 Å². The monoisotopic (exact) mass is 455 g/mol. The number of hydrogen-bond donors (Lipinski definition) is 0. The van der Waals surface area contributed by atoms with Gasteiger partial charge >= 0.3 is 12.1 Å². The predicted molar refractivity (Wildman–Crippen MR) is 116 cm³/mol. The Bertz CT molecular complexity index is 820. The molecule has 1 fully saturated rings. The molecule has 1 aliphatic heterocycles. The zero-order valence-corrected chi connectivity index (χ0v) is 19.4. The Morgan fingerprint density at radius 2 is 1.77 bits per heavy atom. The van der Waals surface area contributed by atoms with Crippen molar-refractivity contribution in [1.29, 1.82) is 0 Å². The van der Waals surface area contributed by atoms with Crippen LogP contribution >= 0.6 is 0 Å². The molecule has 1 atom stereocenters. The van der Waals surface area contributed by atoms with E-state index < -0.39 is 33.9 Å². The average Bonchev–Trinajstić information content (AvgIpc) is 2.75. The minimum absolute atomic E-state index is 0.198. The Morgan fingerprint density at radius 3 is 2.32 bits per heavy atom. The number of piperidine rings is 1. The first kappa shape index (κ1) is 25.1. The summed E-state index contributed by atoms with van der Waals surface area (Å²) >= 11 is 0. The molecule has 0 radical (unpaired) electrons. The quantitative estimate of drug-likeness (QED) is 0.392. The molecule has 1 amide bonds. The van der Waals surface area contributed by atoms with Crippen LogP contribution < -0.4 is 0 Å². The van der Waals surface area contributed by atoms with Crippen molar-refractivity contribution in [2.24, 2.45) is 0 Å². The molecule has 174 valence electrons. The molecule has 0 saturated carbocycles. The smallest absolute Gasteiger partial charge is 0.410 e. The van der Waals surface area contributed by atoms with Gasteiger partial charge in [0.25, 0.3) is 10.1 Å². The van der Waals surface area contributed by atoms with Gasteiger partial charge in [-0.05, 0) is 18.4 Å². The molecular weight excluding hydrogens is 422 g/mol. The number of likely N-dealkylation sites (tertiary alicyclic amines) is 1. The standard InChI is InChI=1S/C22H33NO7S/c1-4-6-14-22(5-2,30-31(3,26)27)20(24)29-19-12-15-23(16-13-19)21(25)28-17-18-10-8-7-9-11-18/h7-11,19H,4-6,12-17H2,1-3H3/t22-/m1/s1. The summed E-state index contributed by atoms with van der Waals surface area (Å²) in [4.78, 5) is 26.8. The van der Waals surface area contributed by atoms with Crippen LogP contribution in [-0.2, 0) is 35.2 Å². The van der Waals surface area contributed by atoms with E-state index in [1.807, 2.05) is 37.3 Å². The molecule has 0 unspecified atom stereocenters. The van der Waals surface area contributed by atoms with Crippen LogP contribution in [0.1, 0.15) is 57.9 Å². The predicted octanol–water partition coefficient (Wildman–Crippen LogP) is 3.65. The maximum absolute atomic E-state index is 12.9. The molecule has 2 rings (SSSR count). The molecule has 9 heteroatoms. The number of rotatable bonds is 10. The topological polar surface area (TPSA) is 99.2 Å². The number of carbonyl (C=O) groups excluding carboxylic acids is 2. The van der Waals surface area contributed by atoms with Gasteiger partial charge in [0.1, 0.15) is 12.7 Å². The number of amides is 1. The number of hydrogen-bond acceptors (Lipinski definition) is 7. The third-order valence-electron chi connectivity index (χ3n) is 5.37. The van der Waals surface area contributed by atoms with E-state index in [0.29, 0.717) is 32.4 Å². The Labute approximate surface area is 185 Å². The third-order valence-corrected chi connectivity index (χ3v) is 5.99. The molecule has 0 bridgehead atoms. The molecule has 31 heavy (non-hydrogen) atoms. The molecule has 1 aromatic carbocycles. The second-order valence-electron chi connectivity index (χ2n) is 7.87. The molecule has 0 N–H and O–H groups in total. The molecule has 1 heterocycles. The van der Waals surface area contributed by atoms with E-state index in [1.54, 1.807) is 11.8 Å². The Kier molecular flexibility index (Phi) is 9.31. The Hall–Kier alpha value is -2.13.